The zero-order chi connectivity index (χ0) is 16.2. The van der Waals surface area contributed by atoms with E-state index in [2.05, 4.69) is 5.32 Å². The van der Waals surface area contributed by atoms with Crippen LogP contribution in [0.1, 0.15) is 17.5 Å². The highest BCUT2D eigenvalue weighted by Gasteiger charge is 2.34. The topological polar surface area (TPSA) is 49.4 Å². The van der Waals surface area contributed by atoms with Gasteiger partial charge in [0.2, 0.25) is 11.8 Å². The summed E-state index contributed by atoms with van der Waals surface area (Å²) in [6.45, 7) is 2.95. The van der Waals surface area contributed by atoms with Crippen molar-refractivity contribution in [2.45, 2.75) is 19.9 Å². The molecule has 0 radical (unpaired) electrons. The van der Waals surface area contributed by atoms with Crippen molar-refractivity contribution in [3.05, 3.63) is 65.7 Å². The second kappa shape index (κ2) is 6.65. The third-order valence-electron chi connectivity index (χ3n) is 4.15. The van der Waals surface area contributed by atoms with E-state index in [-0.39, 0.29) is 24.2 Å². The van der Waals surface area contributed by atoms with Gasteiger partial charge in [0.25, 0.3) is 0 Å². The highest BCUT2D eigenvalue weighted by molar-refractivity contribution is 6.00. The smallest absolute Gasteiger partial charge is 0.227 e. The van der Waals surface area contributed by atoms with Crippen LogP contribution in [-0.2, 0) is 16.1 Å². The molecule has 2 amide bonds. The van der Waals surface area contributed by atoms with E-state index in [0.717, 1.165) is 16.8 Å². The predicted molar refractivity (Wildman–Crippen MR) is 89.9 cm³/mol. The van der Waals surface area contributed by atoms with Crippen LogP contribution in [0.3, 0.4) is 0 Å². The molecule has 1 N–H and O–H groups in total. The maximum atomic E-state index is 12.3. The molecule has 0 saturated carbocycles. The molecule has 1 heterocycles. The molecular formula is C19H20N2O2. The average molecular weight is 308 g/mol. The Morgan fingerprint density at radius 1 is 1.13 bits per heavy atom. The minimum Gasteiger partial charge on any atom is -0.352 e. The number of hydrogen-bond acceptors (Lipinski definition) is 2. The second-order valence-electron chi connectivity index (χ2n) is 5.94. The summed E-state index contributed by atoms with van der Waals surface area (Å²) in [7, 11) is 0. The molecule has 4 nitrogen and oxygen atoms in total. The number of nitrogens with zero attached hydrogens (tertiary/aromatic N) is 1. The summed E-state index contributed by atoms with van der Waals surface area (Å²) >= 11 is 0. The predicted octanol–water partition coefficient (Wildman–Crippen LogP) is 2.66. The minimum absolute atomic E-state index is 0.00807. The van der Waals surface area contributed by atoms with Gasteiger partial charge in [0.05, 0.1) is 5.92 Å². The van der Waals surface area contributed by atoms with Gasteiger partial charge in [-0.1, -0.05) is 48.0 Å². The van der Waals surface area contributed by atoms with Crippen LogP contribution in [0.25, 0.3) is 0 Å². The number of benzene rings is 2. The average Bonchev–Trinajstić information content (AvgIpc) is 2.96. The van der Waals surface area contributed by atoms with Crippen molar-refractivity contribution in [2.75, 3.05) is 11.4 Å². The van der Waals surface area contributed by atoms with Crippen molar-refractivity contribution in [3.63, 3.8) is 0 Å². The van der Waals surface area contributed by atoms with E-state index in [4.69, 9.17) is 0 Å². The van der Waals surface area contributed by atoms with Gasteiger partial charge in [-0.3, -0.25) is 9.59 Å². The van der Waals surface area contributed by atoms with Gasteiger partial charge in [-0.25, -0.2) is 0 Å². The number of carbonyl (C=O) groups is 2. The molecular weight excluding hydrogens is 288 g/mol. The van der Waals surface area contributed by atoms with E-state index in [1.54, 1.807) is 4.90 Å². The molecule has 2 aromatic carbocycles. The molecule has 0 unspecified atom stereocenters. The molecule has 0 bridgehead atoms. The van der Waals surface area contributed by atoms with E-state index in [9.17, 15) is 9.59 Å². The van der Waals surface area contributed by atoms with E-state index in [0.29, 0.717) is 13.1 Å². The van der Waals surface area contributed by atoms with Gasteiger partial charge in [0.15, 0.2) is 0 Å². The molecule has 1 aliphatic rings. The lowest BCUT2D eigenvalue weighted by Crippen LogP contribution is -2.32. The quantitative estimate of drug-likeness (QED) is 0.944. The lowest BCUT2D eigenvalue weighted by molar-refractivity contribution is -0.126. The Labute approximate surface area is 136 Å². The first-order valence-electron chi connectivity index (χ1n) is 7.82. The fourth-order valence-electron chi connectivity index (χ4n) is 2.79. The normalized spacial score (nSPS) is 17.3. The van der Waals surface area contributed by atoms with E-state index in [1.165, 1.54) is 0 Å². The van der Waals surface area contributed by atoms with Crippen molar-refractivity contribution in [1.29, 1.82) is 0 Å². The van der Waals surface area contributed by atoms with Crippen molar-refractivity contribution >= 4 is 17.5 Å². The number of rotatable bonds is 4. The van der Waals surface area contributed by atoms with Crippen LogP contribution in [0.15, 0.2) is 54.6 Å². The second-order valence-corrected chi connectivity index (χ2v) is 5.94. The van der Waals surface area contributed by atoms with Crippen LogP contribution in [0.2, 0.25) is 0 Å². The first-order chi connectivity index (χ1) is 11.1. The van der Waals surface area contributed by atoms with Gasteiger partial charge in [-0.2, -0.15) is 0 Å². The van der Waals surface area contributed by atoms with Gasteiger partial charge in [-0.05, 0) is 24.6 Å². The summed E-state index contributed by atoms with van der Waals surface area (Å²) in [6.07, 6.45) is 0.272. The molecule has 1 atom stereocenters. The van der Waals surface area contributed by atoms with Crippen LogP contribution in [0.5, 0.6) is 0 Å². The maximum absolute atomic E-state index is 12.3. The first kappa shape index (κ1) is 15.3. The zero-order valence-electron chi connectivity index (χ0n) is 13.2. The molecule has 1 saturated heterocycles. The van der Waals surface area contributed by atoms with Crippen molar-refractivity contribution in [1.82, 2.24) is 5.32 Å². The number of anilines is 1. The Kier molecular flexibility index (Phi) is 4.42. The monoisotopic (exact) mass is 308 g/mol. The first-order valence-corrected chi connectivity index (χ1v) is 7.82. The van der Waals surface area contributed by atoms with Gasteiger partial charge in [0.1, 0.15) is 0 Å². The van der Waals surface area contributed by atoms with E-state index in [1.807, 2.05) is 61.5 Å². The summed E-state index contributed by atoms with van der Waals surface area (Å²) in [5.41, 5.74) is 3.07. The Morgan fingerprint density at radius 2 is 1.83 bits per heavy atom. The molecule has 0 aromatic heterocycles. The Morgan fingerprint density at radius 3 is 2.52 bits per heavy atom. The molecule has 1 fully saturated rings. The molecule has 0 aliphatic carbocycles. The van der Waals surface area contributed by atoms with Crippen LogP contribution in [-0.4, -0.2) is 18.4 Å². The Bertz CT molecular complexity index is 695. The van der Waals surface area contributed by atoms with Crippen molar-refractivity contribution < 1.29 is 9.59 Å². The van der Waals surface area contributed by atoms with Crippen LogP contribution in [0, 0.1) is 12.8 Å². The molecule has 118 valence electrons. The van der Waals surface area contributed by atoms with Gasteiger partial charge < -0.3 is 10.2 Å². The van der Waals surface area contributed by atoms with Gasteiger partial charge >= 0.3 is 0 Å². The van der Waals surface area contributed by atoms with Crippen LogP contribution < -0.4 is 10.2 Å². The standard InChI is InChI=1S/C19H20N2O2/c1-14-7-9-17(10-8-14)21-13-16(11-18(21)22)19(23)20-12-15-5-3-2-4-6-15/h2-10,16H,11-13H2,1H3,(H,20,23)/t16-/m0/s1. The molecule has 0 spiro atoms. The van der Waals surface area contributed by atoms with E-state index < -0.39 is 0 Å². The summed E-state index contributed by atoms with van der Waals surface area (Å²) in [5, 5.41) is 2.92. The van der Waals surface area contributed by atoms with Crippen molar-refractivity contribution in [2.24, 2.45) is 5.92 Å². The Hall–Kier alpha value is -2.62. The number of hydrogen-bond donors (Lipinski definition) is 1. The lowest BCUT2D eigenvalue weighted by Gasteiger charge is -2.17. The highest BCUT2D eigenvalue weighted by Crippen LogP contribution is 2.25. The number of amides is 2. The third kappa shape index (κ3) is 3.59. The SMILES string of the molecule is Cc1ccc(N2C[C@@H](C(=O)NCc3ccccc3)CC2=O)cc1. The molecule has 4 heteroatoms. The van der Waals surface area contributed by atoms with Crippen LogP contribution >= 0.6 is 0 Å². The fraction of sp³-hybridized carbons (Fsp3) is 0.263. The maximum Gasteiger partial charge on any atom is 0.227 e. The lowest BCUT2D eigenvalue weighted by atomic mass is 10.1. The number of nitrogens with one attached hydrogen (secondary N) is 1. The Balaban J connectivity index is 1.60. The summed E-state index contributed by atoms with van der Waals surface area (Å²) in [6, 6.07) is 17.6. The zero-order valence-corrected chi connectivity index (χ0v) is 13.2. The molecule has 23 heavy (non-hydrogen) atoms. The van der Waals surface area contributed by atoms with Crippen molar-refractivity contribution in [3.8, 4) is 0 Å². The summed E-state index contributed by atoms with van der Waals surface area (Å²) in [4.78, 5) is 26.2. The summed E-state index contributed by atoms with van der Waals surface area (Å²) in [5.74, 6) is -0.335. The third-order valence-corrected chi connectivity index (χ3v) is 4.15. The fourth-order valence-corrected chi connectivity index (χ4v) is 2.79. The number of aryl methyl sites for hydroxylation is 1. The van der Waals surface area contributed by atoms with Gasteiger partial charge in [0, 0.05) is 25.2 Å². The van der Waals surface area contributed by atoms with Crippen LogP contribution in [0.4, 0.5) is 5.69 Å². The number of carbonyl (C=O) groups excluding carboxylic acids is 2. The largest absolute Gasteiger partial charge is 0.352 e. The van der Waals surface area contributed by atoms with E-state index >= 15 is 0 Å². The van der Waals surface area contributed by atoms with Gasteiger partial charge in [-0.15, -0.1) is 0 Å². The summed E-state index contributed by atoms with van der Waals surface area (Å²) < 4.78 is 0. The highest BCUT2D eigenvalue weighted by atomic mass is 16.2. The minimum atomic E-state index is -0.285. The molecule has 2 aromatic rings. The molecule has 1 aliphatic heterocycles. The molecule has 3 rings (SSSR count).